The summed E-state index contributed by atoms with van der Waals surface area (Å²) in [6, 6.07) is 10.2. The Labute approximate surface area is 164 Å². The smallest absolute Gasteiger partial charge is 0.274 e. The van der Waals surface area contributed by atoms with Crippen LogP contribution in [0.4, 0.5) is 0 Å². The van der Waals surface area contributed by atoms with Gasteiger partial charge in [-0.3, -0.25) is 9.78 Å². The molecule has 1 atom stereocenters. The molecule has 0 saturated carbocycles. The SMILES string of the molecule is Cc1cnc(C(=O)N2CCCC(C)(c3ncc(Cc4ccccc4)o3)C2)cn1. The maximum absolute atomic E-state index is 12.8. The number of piperidine rings is 1. The van der Waals surface area contributed by atoms with Crippen molar-refractivity contribution < 1.29 is 9.21 Å². The lowest BCUT2D eigenvalue weighted by Crippen LogP contribution is -2.47. The molecule has 0 N–H and O–H groups in total. The van der Waals surface area contributed by atoms with Crippen molar-refractivity contribution in [2.75, 3.05) is 13.1 Å². The van der Waals surface area contributed by atoms with Crippen molar-refractivity contribution in [3.8, 4) is 0 Å². The number of benzene rings is 1. The Balaban J connectivity index is 1.50. The molecule has 1 aliphatic heterocycles. The summed E-state index contributed by atoms with van der Waals surface area (Å²) in [6.07, 6.45) is 7.53. The molecule has 144 valence electrons. The second kappa shape index (κ2) is 7.54. The Kier molecular flexibility index (Phi) is 4.94. The predicted molar refractivity (Wildman–Crippen MR) is 105 cm³/mol. The molecule has 2 aromatic heterocycles. The van der Waals surface area contributed by atoms with Crippen LogP contribution in [0.15, 0.2) is 53.3 Å². The number of nitrogens with zero attached hydrogens (tertiary/aromatic N) is 4. The molecule has 1 aliphatic rings. The Hall–Kier alpha value is -3.02. The summed E-state index contributed by atoms with van der Waals surface area (Å²) in [7, 11) is 0. The van der Waals surface area contributed by atoms with E-state index in [0.29, 0.717) is 31.1 Å². The third-order valence-corrected chi connectivity index (χ3v) is 5.27. The van der Waals surface area contributed by atoms with Crippen LogP contribution in [0, 0.1) is 6.92 Å². The summed E-state index contributed by atoms with van der Waals surface area (Å²) in [5.74, 6) is 1.45. The summed E-state index contributed by atoms with van der Waals surface area (Å²) in [5, 5.41) is 0. The lowest BCUT2D eigenvalue weighted by atomic mass is 9.81. The first-order valence-corrected chi connectivity index (χ1v) is 9.60. The molecular formula is C22H24N4O2. The van der Waals surface area contributed by atoms with Gasteiger partial charge in [0, 0.05) is 25.7 Å². The van der Waals surface area contributed by atoms with Gasteiger partial charge in [0.05, 0.1) is 23.5 Å². The van der Waals surface area contributed by atoms with Crippen LogP contribution >= 0.6 is 0 Å². The molecular weight excluding hydrogens is 352 g/mol. The predicted octanol–water partition coefficient (Wildman–Crippen LogP) is 3.56. The lowest BCUT2D eigenvalue weighted by Gasteiger charge is -2.38. The van der Waals surface area contributed by atoms with Gasteiger partial charge in [0.2, 0.25) is 5.89 Å². The topological polar surface area (TPSA) is 72.1 Å². The Morgan fingerprint density at radius 1 is 1.14 bits per heavy atom. The Morgan fingerprint density at radius 3 is 2.71 bits per heavy atom. The van der Waals surface area contributed by atoms with Crippen molar-refractivity contribution in [2.24, 2.45) is 0 Å². The van der Waals surface area contributed by atoms with Gasteiger partial charge in [0.1, 0.15) is 11.5 Å². The second-order valence-electron chi connectivity index (χ2n) is 7.73. The van der Waals surface area contributed by atoms with E-state index in [1.807, 2.05) is 30.0 Å². The summed E-state index contributed by atoms with van der Waals surface area (Å²) < 4.78 is 6.10. The minimum Gasteiger partial charge on any atom is -0.445 e. The van der Waals surface area contributed by atoms with Crippen molar-refractivity contribution in [2.45, 2.75) is 38.5 Å². The molecule has 1 unspecified atom stereocenters. The quantitative estimate of drug-likeness (QED) is 0.696. The molecule has 3 aromatic rings. The zero-order valence-corrected chi connectivity index (χ0v) is 16.3. The van der Waals surface area contributed by atoms with Gasteiger partial charge < -0.3 is 9.32 Å². The highest BCUT2D eigenvalue weighted by Gasteiger charge is 2.39. The standard InChI is InChI=1S/C22H24N4O2/c1-16-12-24-19(14-23-16)20(27)26-10-6-9-22(2,15-26)21-25-13-18(28-21)11-17-7-4-3-5-8-17/h3-5,7-8,12-14H,6,9-11,15H2,1-2H3. The number of hydrogen-bond donors (Lipinski definition) is 0. The number of oxazole rings is 1. The van der Waals surface area contributed by atoms with Gasteiger partial charge in [-0.25, -0.2) is 9.97 Å². The molecule has 6 heteroatoms. The molecule has 1 aromatic carbocycles. The monoisotopic (exact) mass is 376 g/mol. The van der Waals surface area contributed by atoms with Crippen LogP contribution in [0.1, 0.15) is 53.2 Å². The third-order valence-electron chi connectivity index (χ3n) is 5.27. The molecule has 1 amide bonds. The minimum atomic E-state index is -0.305. The van der Waals surface area contributed by atoms with E-state index in [1.165, 1.54) is 5.56 Å². The highest BCUT2D eigenvalue weighted by atomic mass is 16.4. The molecule has 4 rings (SSSR count). The fourth-order valence-corrected chi connectivity index (χ4v) is 3.72. The molecule has 1 fully saturated rings. The molecule has 0 aliphatic carbocycles. The van der Waals surface area contributed by atoms with Crippen LogP contribution in [-0.2, 0) is 11.8 Å². The van der Waals surface area contributed by atoms with E-state index in [2.05, 4.69) is 34.0 Å². The second-order valence-corrected chi connectivity index (χ2v) is 7.73. The van der Waals surface area contributed by atoms with E-state index in [4.69, 9.17) is 4.42 Å². The third kappa shape index (κ3) is 3.81. The summed E-state index contributed by atoms with van der Waals surface area (Å²) in [4.78, 5) is 27.7. The number of rotatable bonds is 4. The summed E-state index contributed by atoms with van der Waals surface area (Å²) in [5.41, 5.74) is 2.06. The molecule has 0 spiro atoms. The molecule has 6 nitrogen and oxygen atoms in total. The summed E-state index contributed by atoms with van der Waals surface area (Å²) in [6.45, 7) is 5.24. The van der Waals surface area contributed by atoms with Gasteiger partial charge in [-0.05, 0) is 32.3 Å². The fraction of sp³-hybridized carbons (Fsp3) is 0.364. The van der Waals surface area contributed by atoms with Crippen LogP contribution in [0.25, 0.3) is 0 Å². The first-order valence-electron chi connectivity index (χ1n) is 9.60. The van der Waals surface area contributed by atoms with Crippen molar-refractivity contribution in [3.05, 3.63) is 77.5 Å². The molecule has 0 radical (unpaired) electrons. The van der Waals surface area contributed by atoms with Gasteiger partial charge in [-0.2, -0.15) is 0 Å². The fourth-order valence-electron chi connectivity index (χ4n) is 3.72. The average molecular weight is 376 g/mol. The number of aromatic nitrogens is 3. The van der Waals surface area contributed by atoms with E-state index >= 15 is 0 Å². The van der Waals surface area contributed by atoms with Gasteiger partial charge in [0.25, 0.3) is 5.91 Å². The molecule has 0 bridgehead atoms. The van der Waals surface area contributed by atoms with Crippen LogP contribution in [0.2, 0.25) is 0 Å². The number of carbonyl (C=O) groups is 1. The Bertz CT molecular complexity index is 952. The highest BCUT2D eigenvalue weighted by molar-refractivity contribution is 5.92. The number of hydrogen-bond acceptors (Lipinski definition) is 5. The number of likely N-dealkylation sites (tertiary alicyclic amines) is 1. The van der Waals surface area contributed by atoms with Crippen LogP contribution < -0.4 is 0 Å². The van der Waals surface area contributed by atoms with Gasteiger partial charge >= 0.3 is 0 Å². The molecule has 3 heterocycles. The van der Waals surface area contributed by atoms with Crippen LogP contribution in [0.5, 0.6) is 0 Å². The maximum Gasteiger partial charge on any atom is 0.274 e. The number of aryl methyl sites for hydroxylation is 1. The minimum absolute atomic E-state index is 0.0884. The average Bonchev–Trinajstić information content (AvgIpc) is 3.18. The highest BCUT2D eigenvalue weighted by Crippen LogP contribution is 2.34. The van der Waals surface area contributed by atoms with Gasteiger partial charge in [-0.1, -0.05) is 30.3 Å². The normalized spacial score (nSPS) is 19.6. The molecule has 1 saturated heterocycles. The summed E-state index contributed by atoms with van der Waals surface area (Å²) >= 11 is 0. The van der Waals surface area contributed by atoms with Crippen molar-refractivity contribution in [3.63, 3.8) is 0 Å². The van der Waals surface area contributed by atoms with E-state index < -0.39 is 0 Å². The van der Waals surface area contributed by atoms with Crippen molar-refractivity contribution >= 4 is 5.91 Å². The largest absolute Gasteiger partial charge is 0.445 e. The zero-order valence-electron chi connectivity index (χ0n) is 16.3. The van der Waals surface area contributed by atoms with Crippen molar-refractivity contribution in [1.29, 1.82) is 0 Å². The molecule has 28 heavy (non-hydrogen) atoms. The number of amides is 1. The maximum atomic E-state index is 12.8. The van der Waals surface area contributed by atoms with Crippen LogP contribution in [0.3, 0.4) is 0 Å². The number of carbonyl (C=O) groups excluding carboxylic acids is 1. The first-order chi connectivity index (χ1) is 13.5. The lowest BCUT2D eigenvalue weighted by molar-refractivity contribution is 0.0619. The zero-order chi connectivity index (χ0) is 19.6. The van der Waals surface area contributed by atoms with E-state index in [9.17, 15) is 4.79 Å². The van der Waals surface area contributed by atoms with E-state index in [-0.39, 0.29) is 11.3 Å². The van der Waals surface area contributed by atoms with Gasteiger partial charge in [-0.15, -0.1) is 0 Å². The van der Waals surface area contributed by atoms with Gasteiger partial charge in [0.15, 0.2) is 0 Å². The van der Waals surface area contributed by atoms with Crippen molar-refractivity contribution in [1.82, 2.24) is 19.9 Å². The first kappa shape index (κ1) is 18.3. The van der Waals surface area contributed by atoms with E-state index in [1.54, 1.807) is 18.6 Å². The Morgan fingerprint density at radius 2 is 1.96 bits per heavy atom. The van der Waals surface area contributed by atoms with Crippen LogP contribution in [-0.4, -0.2) is 38.8 Å². The van der Waals surface area contributed by atoms with E-state index in [0.717, 1.165) is 24.3 Å².